The van der Waals surface area contributed by atoms with Crippen LogP contribution in [0.2, 0.25) is 0 Å². The Morgan fingerprint density at radius 3 is 2.46 bits per heavy atom. The molecule has 0 amide bonds. The molecule has 0 aliphatic rings. The van der Waals surface area contributed by atoms with Crippen LogP contribution in [-0.2, 0) is 12.8 Å². The standard InChI is InChI=1S/C19H28N4OS.HI/c1-15-14-23-18(25-15)11-13-22-19(20-2)21-12-5-4-6-16-7-9-17(24-3)10-8-16;/h7-10,14H,4-6,11-13H2,1-3H3,(H2,20,21,22);1H. The van der Waals surface area contributed by atoms with E-state index >= 15 is 0 Å². The van der Waals surface area contributed by atoms with Gasteiger partial charge >= 0.3 is 0 Å². The Hall–Kier alpha value is -1.35. The van der Waals surface area contributed by atoms with Gasteiger partial charge < -0.3 is 15.4 Å². The third kappa shape index (κ3) is 8.35. The fourth-order valence-corrected chi connectivity index (χ4v) is 3.27. The molecule has 5 nitrogen and oxygen atoms in total. The lowest BCUT2D eigenvalue weighted by molar-refractivity contribution is 0.414. The van der Waals surface area contributed by atoms with Gasteiger partial charge in [0, 0.05) is 37.6 Å². The van der Waals surface area contributed by atoms with Crippen LogP contribution in [0.5, 0.6) is 5.75 Å². The monoisotopic (exact) mass is 488 g/mol. The zero-order valence-electron chi connectivity index (χ0n) is 15.7. The Bertz CT molecular complexity index is 658. The average Bonchev–Trinajstić information content (AvgIpc) is 3.05. The highest BCUT2D eigenvalue weighted by atomic mass is 127. The van der Waals surface area contributed by atoms with Gasteiger partial charge in [0.25, 0.3) is 0 Å². The molecular weight excluding hydrogens is 459 g/mol. The van der Waals surface area contributed by atoms with Crippen LogP contribution in [0, 0.1) is 6.92 Å². The molecule has 26 heavy (non-hydrogen) atoms. The number of aromatic nitrogens is 1. The maximum Gasteiger partial charge on any atom is 0.190 e. The third-order valence-corrected chi connectivity index (χ3v) is 4.84. The number of rotatable bonds is 9. The number of unbranched alkanes of at least 4 members (excludes halogenated alkanes) is 1. The summed E-state index contributed by atoms with van der Waals surface area (Å²) in [6.45, 7) is 3.85. The van der Waals surface area contributed by atoms with Crippen LogP contribution >= 0.6 is 35.3 Å². The molecule has 0 saturated carbocycles. The smallest absolute Gasteiger partial charge is 0.190 e. The van der Waals surface area contributed by atoms with Gasteiger partial charge in [-0.25, -0.2) is 4.98 Å². The van der Waals surface area contributed by atoms with E-state index in [2.05, 4.69) is 39.7 Å². The summed E-state index contributed by atoms with van der Waals surface area (Å²) in [5.41, 5.74) is 1.35. The Kier molecular flexibility index (Phi) is 11.3. The van der Waals surface area contributed by atoms with E-state index in [1.54, 1.807) is 25.5 Å². The molecule has 0 spiro atoms. The molecule has 0 atom stereocenters. The van der Waals surface area contributed by atoms with E-state index in [-0.39, 0.29) is 24.0 Å². The first-order chi connectivity index (χ1) is 12.2. The van der Waals surface area contributed by atoms with Gasteiger partial charge in [-0.05, 0) is 43.9 Å². The summed E-state index contributed by atoms with van der Waals surface area (Å²) >= 11 is 1.75. The number of aliphatic imine (C=N–C) groups is 1. The fourth-order valence-electron chi connectivity index (χ4n) is 2.48. The maximum atomic E-state index is 5.18. The third-order valence-electron chi connectivity index (χ3n) is 3.87. The van der Waals surface area contributed by atoms with Crippen LogP contribution in [-0.4, -0.2) is 38.2 Å². The number of hydrogen-bond acceptors (Lipinski definition) is 4. The van der Waals surface area contributed by atoms with Gasteiger partial charge in [-0.1, -0.05) is 12.1 Å². The molecule has 0 fully saturated rings. The highest BCUT2D eigenvalue weighted by Gasteiger charge is 2.01. The van der Waals surface area contributed by atoms with Crippen molar-refractivity contribution in [3.8, 4) is 5.75 Å². The molecule has 0 aliphatic heterocycles. The quantitative estimate of drug-likeness (QED) is 0.244. The number of nitrogens with zero attached hydrogens (tertiary/aromatic N) is 2. The molecule has 144 valence electrons. The summed E-state index contributed by atoms with van der Waals surface area (Å²) in [4.78, 5) is 9.90. The van der Waals surface area contributed by atoms with Gasteiger partial charge in [0.1, 0.15) is 5.75 Å². The lowest BCUT2D eigenvalue weighted by atomic mass is 10.1. The van der Waals surface area contributed by atoms with E-state index in [4.69, 9.17) is 4.74 Å². The van der Waals surface area contributed by atoms with Crippen molar-refractivity contribution in [3.63, 3.8) is 0 Å². The lowest BCUT2D eigenvalue weighted by Crippen LogP contribution is -2.38. The molecule has 1 aromatic carbocycles. The van der Waals surface area contributed by atoms with Crippen molar-refractivity contribution in [2.75, 3.05) is 27.2 Å². The normalized spacial score (nSPS) is 11.0. The molecular formula is C19H29IN4OS. The second-order valence-corrected chi connectivity index (χ2v) is 7.16. The second kappa shape index (κ2) is 12.9. The summed E-state index contributed by atoms with van der Waals surface area (Å²) in [5, 5.41) is 7.87. The summed E-state index contributed by atoms with van der Waals surface area (Å²) in [5.74, 6) is 1.77. The molecule has 2 aromatic rings. The molecule has 0 radical (unpaired) electrons. The van der Waals surface area contributed by atoms with Gasteiger partial charge in [-0.3, -0.25) is 4.99 Å². The summed E-state index contributed by atoms with van der Waals surface area (Å²) in [6, 6.07) is 8.30. The van der Waals surface area contributed by atoms with E-state index in [0.717, 1.165) is 50.5 Å². The summed E-state index contributed by atoms with van der Waals surface area (Å²) in [7, 11) is 3.50. The van der Waals surface area contributed by atoms with Crippen LogP contribution in [0.4, 0.5) is 0 Å². The molecule has 1 aromatic heterocycles. The number of halogens is 1. The average molecular weight is 488 g/mol. The second-order valence-electron chi connectivity index (χ2n) is 5.85. The number of ether oxygens (including phenoxy) is 1. The van der Waals surface area contributed by atoms with Crippen molar-refractivity contribution < 1.29 is 4.74 Å². The number of aryl methyl sites for hydroxylation is 2. The maximum absolute atomic E-state index is 5.18. The van der Waals surface area contributed by atoms with E-state index < -0.39 is 0 Å². The molecule has 0 unspecified atom stereocenters. The summed E-state index contributed by atoms with van der Waals surface area (Å²) < 4.78 is 5.18. The lowest BCUT2D eigenvalue weighted by Gasteiger charge is -2.11. The minimum Gasteiger partial charge on any atom is -0.497 e. The topological polar surface area (TPSA) is 58.5 Å². The van der Waals surface area contributed by atoms with Crippen molar-refractivity contribution in [2.24, 2.45) is 4.99 Å². The largest absolute Gasteiger partial charge is 0.497 e. The van der Waals surface area contributed by atoms with Crippen LogP contribution in [0.25, 0.3) is 0 Å². The predicted octanol–water partition coefficient (Wildman–Crippen LogP) is 3.81. The Morgan fingerprint density at radius 2 is 1.85 bits per heavy atom. The predicted molar refractivity (Wildman–Crippen MR) is 121 cm³/mol. The fraction of sp³-hybridized carbons (Fsp3) is 0.474. The van der Waals surface area contributed by atoms with E-state index in [1.165, 1.54) is 15.4 Å². The zero-order chi connectivity index (χ0) is 17.9. The molecule has 1 heterocycles. The minimum atomic E-state index is 0. The SMILES string of the molecule is CN=C(NCCCCc1ccc(OC)cc1)NCCc1ncc(C)s1.I. The van der Waals surface area contributed by atoms with Crippen LogP contribution in [0.3, 0.4) is 0 Å². The van der Waals surface area contributed by atoms with E-state index in [9.17, 15) is 0 Å². The highest BCUT2D eigenvalue weighted by Crippen LogP contribution is 2.13. The molecule has 2 rings (SSSR count). The Balaban J connectivity index is 0.00000338. The van der Waals surface area contributed by atoms with Gasteiger partial charge in [-0.2, -0.15) is 0 Å². The highest BCUT2D eigenvalue weighted by molar-refractivity contribution is 14.0. The van der Waals surface area contributed by atoms with E-state index in [1.807, 2.05) is 18.3 Å². The number of nitrogens with one attached hydrogen (secondary N) is 2. The van der Waals surface area contributed by atoms with Crippen molar-refractivity contribution in [3.05, 3.63) is 45.9 Å². The van der Waals surface area contributed by atoms with Gasteiger partial charge in [0.15, 0.2) is 5.96 Å². The number of thiazole rings is 1. The van der Waals surface area contributed by atoms with E-state index in [0.29, 0.717) is 0 Å². The number of benzene rings is 1. The number of methoxy groups -OCH3 is 1. The van der Waals surface area contributed by atoms with Crippen LogP contribution in [0.1, 0.15) is 28.3 Å². The molecule has 0 bridgehead atoms. The van der Waals surface area contributed by atoms with Gasteiger partial charge in [0.05, 0.1) is 12.1 Å². The van der Waals surface area contributed by atoms with Crippen molar-refractivity contribution >= 4 is 41.3 Å². The molecule has 0 aliphatic carbocycles. The van der Waals surface area contributed by atoms with Crippen LogP contribution in [0.15, 0.2) is 35.5 Å². The summed E-state index contributed by atoms with van der Waals surface area (Å²) in [6.07, 6.45) is 6.20. The first kappa shape index (κ1) is 22.7. The molecule has 0 saturated heterocycles. The first-order valence-electron chi connectivity index (χ1n) is 8.70. The number of hydrogen-bond donors (Lipinski definition) is 2. The zero-order valence-corrected chi connectivity index (χ0v) is 18.9. The van der Waals surface area contributed by atoms with Crippen molar-refractivity contribution in [1.82, 2.24) is 15.6 Å². The first-order valence-corrected chi connectivity index (χ1v) is 9.51. The Morgan fingerprint density at radius 1 is 1.12 bits per heavy atom. The van der Waals surface area contributed by atoms with Gasteiger partial charge in [-0.15, -0.1) is 35.3 Å². The molecule has 7 heteroatoms. The minimum absolute atomic E-state index is 0. The van der Waals surface area contributed by atoms with Crippen LogP contribution < -0.4 is 15.4 Å². The Labute approximate surface area is 177 Å². The van der Waals surface area contributed by atoms with Crippen molar-refractivity contribution in [2.45, 2.75) is 32.6 Å². The molecule has 2 N–H and O–H groups in total. The van der Waals surface area contributed by atoms with Crippen molar-refractivity contribution in [1.29, 1.82) is 0 Å². The van der Waals surface area contributed by atoms with Gasteiger partial charge in [0.2, 0.25) is 0 Å². The number of guanidine groups is 1.